The number of anilines is 1. The van der Waals surface area contributed by atoms with E-state index < -0.39 is 0 Å². The summed E-state index contributed by atoms with van der Waals surface area (Å²) in [6.45, 7) is 4.22. The van der Waals surface area contributed by atoms with Gasteiger partial charge in [0.15, 0.2) is 0 Å². The smallest absolute Gasteiger partial charge is 0.251 e. The van der Waals surface area contributed by atoms with Crippen molar-refractivity contribution < 1.29 is 13.9 Å². The van der Waals surface area contributed by atoms with E-state index in [1.807, 2.05) is 0 Å². The minimum atomic E-state index is -0.307. The quantitative estimate of drug-likeness (QED) is 0.637. The van der Waals surface area contributed by atoms with Crippen LogP contribution < -0.4 is 15.8 Å². The maximum Gasteiger partial charge on any atom is 0.251 e. The molecule has 0 saturated carbocycles. The fourth-order valence-corrected chi connectivity index (χ4v) is 1.86. The monoisotopic (exact) mass is 300 g/mol. The molecule has 0 aromatic heterocycles. The third-order valence-corrected chi connectivity index (χ3v) is 2.99. The lowest BCUT2D eigenvalue weighted by Gasteiger charge is -2.09. The molecule has 2 rings (SSSR count). The molecule has 114 valence electrons. The first kappa shape index (κ1) is 15.6. The highest BCUT2D eigenvalue weighted by Gasteiger charge is 2.08. The largest absolute Gasteiger partial charge is 0.487 e. The summed E-state index contributed by atoms with van der Waals surface area (Å²) in [6, 6.07) is 10.8. The van der Waals surface area contributed by atoms with Gasteiger partial charge >= 0.3 is 0 Å². The number of carbonyl (C=O) groups is 1. The second-order valence-electron chi connectivity index (χ2n) is 4.66. The number of rotatable bonds is 6. The zero-order valence-corrected chi connectivity index (χ0v) is 12.0. The van der Waals surface area contributed by atoms with Gasteiger partial charge in [-0.3, -0.25) is 4.79 Å². The summed E-state index contributed by atoms with van der Waals surface area (Å²) in [7, 11) is 0. The number of benzene rings is 2. The summed E-state index contributed by atoms with van der Waals surface area (Å²) in [5, 5.41) is 2.75. The number of nitrogens with two attached hydrogens (primary N) is 1. The Kier molecular flexibility index (Phi) is 5.14. The van der Waals surface area contributed by atoms with Crippen LogP contribution in [0.5, 0.6) is 5.75 Å². The Morgan fingerprint density at radius 2 is 2.00 bits per heavy atom. The second-order valence-corrected chi connectivity index (χ2v) is 4.66. The Hall–Kier alpha value is -2.82. The summed E-state index contributed by atoms with van der Waals surface area (Å²) in [6.07, 6.45) is 1.61. The average Bonchev–Trinajstić information content (AvgIpc) is 2.53. The van der Waals surface area contributed by atoms with Crippen LogP contribution >= 0.6 is 0 Å². The molecule has 1 amide bonds. The van der Waals surface area contributed by atoms with Gasteiger partial charge in [0.05, 0.1) is 5.69 Å². The van der Waals surface area contributed by atoms with Crippen molar-refractivity contribution in [3.8, 4) is 5.75 Å². The van der Waals surface area contributed by atoms with Crippen LogP contribution in [0.1, 0.15) is 15.9 Å². The number of nitrogens with one attached hydrogen (secondary N) is 1. The lowest BCUT2D eigenvalue weighted by Crippen LogP contribution is -2.22. The van der Waals surface area contributed by atoms with Crippen LogP contribution in [0.3, 0.4) is 0 Å². The number of nitrogen functional groups attached to an aromatic ring is 1. The van der Waals surface area contributed by atoms with Gasteiger partial charge in [-0.2, -0.15) is 0 Å². The SMILES string of the molecule is C=CCOc1ccc(C(=O)NCc2ccc(F)cc2)cc1N. The predicted molar refractivity (Wildman–Crippen MR) is 84.1 cm³/mol. The highest BCUT2D eigenvalue weighted by molar-refractivity contribution is 5.95. The van der Waals surface area contributed by atoms with E-state index in [9.17, 15) is 9.18 Å². The normalized spacial score (nSPS) is 10.0. The molecule has 0 atom stereocenters. The van der Waals surface area contributed by atoms with Gasteiger partial charge in [-0.05, 0) is 35.9 Å². The van der Waals surface area contributed by atoms with Crippen molar-refractivity contribution in [2.75, 3.05) is 12.3 Å². The van der Waals surface area contributed by atoms with E-state index in [4.69, 9.17) is 10.5 Å². The standard InChI is InChI=1S/C17H17FN2O2/c1-2-9-22-16-8-5-13(10-15(16)19)17(21)20-11-12-3-6-14(18)7-4-12/h2-8,10H,1,9,11,19H2,(H,20,21). The Morgan fingerprint density at radius 3 is 2.64 bits per heavy atom. The third kappa shape index (κ3) is 4.09. The highest BCUT2D eigenvalue weighted by Crippen LogP contribution is 2.22. The first-order valence-electron chi connectivity index (χ1n) is 6.76. The van der Waals surface area contributed by atoms with Crippen molar-refractivity contribution in [1.29, 1.82) is 0 Å². The van der Waals surface area contributed by atoms with Crippen molar-refractivity contribution in [3.63, 3.8) is 0 Å². The fraction of sp³-hybridized carbons (Fsp3) is 0.118. The molecule has 22 heavy (non-hydrogen) atoms. The molecule has 0 saturated heterocycles. The van der Waals surface area contributed by atoms with Crippen LogP contribution in [0, 0.1) is 5.82 Å². The summed E-state index contributed by atoms with van der Waals surface area (Å²) in [4.78, 5) is 12.1. The minimum Gasteiger partial charge on any atom is -0.487 e. The van der Waals surface area contributed by atoms with Crippen LogP contribution in [0.2, 0.25) is 0 Å². The van der Waals surface area contributed by atoms with Crippen molar-refractivity contribution in [2.24, 2.45) is 0 Å². The molecule has 0 aliphatic heterocycles. The van der Waals surface area contributed by atoms with E-state index >= 15 is 0 Å². The van der Waals surface area contributed by atoms with Gasteiger partial charge in [-0.1, -0.05) is 24.8 Å². The number of hydrogen-bond acceptors (Lipinski definition) is 3. The number of halogens is 1. The number of hydrogen-bond donors (Lipinski definition) is 2. The molecular formula is C17H17FN2O2. The van der Waals surface area contributed by atoms with Gasteiger partial charge in [0, 0.05) is 12.1 Å². The van der Waals surface area contributed by atoms with Crippen LogP contribution in [-0.2, 0) is 6.54 Å². The van der Waals surface area contributed by atoms with Crippen molar-refractivity contribution in [3.05, 3.63) is 72.1 Å². The van der Waals surface area contributed by atoms with E-state index in [2.05, 4.69) is 11.9 Å². The molecule has 0 aliphatic rings. The van der Waals surface area contributed by atoms with Crippen LogP contribution in [-0.4, -0.2) is 12.5 Å². The number of amides is 1. The lowest BCUT2D eigenvalue weighted by atomic mass is 10.1. The van der Waals surface area contributed by atoms with E-state index in [0.29, 0.717) is 30.2 Å². The van der Waals surface area contributed by atoms with E-state index in [1.54, 1.807) is 36.4 Å². The zero-order valence-electron chi connectivity index (χ0n) is 12.0. The molecule has 0 unspecified atom stereocenters. The Morgan fingerprint density at radius 1 is 1.27 bits per heavy atom. The molecule has 2 aromatic rings. The lowest BCUT2D eigenvalue weighted by molar-refractivity contribution is 0.0951. The molecular weight excluding hydrogens is 283 g/mol. The van der Waals surface area contributed by atoms with Gasteiger partial charge in [-0.25, -0.2) is 4.39 Å². The first-order valence-corrected chi connectivity index (χ1v) is 6.76. The van der Waals surface area contributed by atoms with Crippen molar-refractivity contribution >= 4 is 11.6 Å². The molecule has 2 aromatic carbocycles. The van der Waals surface area contributed by atoms with Crippen LogP contribution in [0.25, 0.3) is 0 Å². The van der Waals surface area contributed by atoms with Gasteiger partial charge < -0.3 is 15.8 Å². The van der Waals surface area contributed by atoms with E-state index in [-0.39, 0.29) is 11.7 Å². The summed E-state index contributed by atoms with van der Waals surface area (Å²) >= 11 is 0. The highest BCUT2D eigenvalue weighted by atomic mass is 19.1. The van der Waals surface area contributed by atoms with E-state index in [1.165, 1.54) is 12.1 Å². The summed E-state index contributed by atoms with van der Waals surface area (Å²) < 4.78 is 18.2. The molecule has 5 heteroatoms. The van der Waals surface area contributed by atoms with Gasteiger partial charge in [-0.15, -0.1) is 0 Å². The van der Waals surface area contributed by atoms with Crippen molar-refractivity contribution in [2.45, 2.75) is 6.54 Å². The second kappa shape index (κ2) is 7.26. The molecule has 0 heterocycles. The molecule has 0 bridgehead atoms. The Bertz CT molecular complexity index is 669. The molecule has 3 N–H and O–H groups in total. The molecule has 0 aliphatic carbocycles. The molecule has 0 radical (unpaired) electrons. The Labute approximate surface area is 128 Å². The van der Waals surface area contributed by atoms with E-state index in [0.717, 1.165) is 5.56 Å². The summed E-state index contributed by atoms with van der Waals surface area (Å²) in [5.41, 5.74) is 7.48. The topological polar surface area (TPSA) is 64.3 Å². The van der Waals surface area contributed by atoms with Crippen LogP contribution in [0.15, 0.2) is 55.1 Å². The van der Waals surface area contributed by atoms with Gasteiger partial charge in [0.25, 0.3) is 5.91 Å². The average molecular weight is 300 g/mol. The minimum absolute atomic E-state index is 0.258. The zero-order chi connectivity index (χ0) is 15.9. The predicted octanol–water partition coefficient (Wildman–Crippen LogP) is 2.90. The van der Waals surface area contributed by atoms with Gasteiger partial charge in [0.2, 0.25) is 0 Å². The van der Waals surface area contributed by atoms with Crippen molar-refractivity contribution in [1.82, 2.24) is 5.32 Å². The summed E-state index contributed by atoms with van der Waals surface area (Å²) in [5.74, 6) is -0.0563. The Balaban J connectivity index is 1.98. The third-order valence-electron chi connectivity index (χ3n) is 2.99. The van der Waals surface area contributed by atoms with Gasteiger partial charge in [0.1, 0.15) is 18.2 Å². The number of ether oxygens (including phenoxy) is 1. The molecule has 0 fully saturated rings. The molecule has 0 spiro atoms. The first-order chi connectivity index (χ1) is 10.6. The maximum atomic E-state index is 12.8. The maximum absolute atomic E-state index is 12.8. The van der Waals surface area contributed by atoms with Crippen LogP contribution in [0.4, 0.5) is 10.1 Å². The fourth-order valence-electron chi connectivity index (χ4n) is 1.86. The number of carbonyl (C=O) groups excluding carboxylic acids is 1. The molecule has 4 nitrogen and oxygen atoms in total.